The lowest BCUT2D eigenvalue weighted by Crippen LogP contribution is -2.29. The summed E-state index contributed by atoms with van der Waals surface area (Å²) in [6.45, 7) is 0.453. The number of carbonyl (C=O) groups excluding carboxylic acids is 1. The van der Waals surface area contributed by atoms with Crippen molar-refractivity contribution in [2.45, 2.75) is 13.1 Å². The van der Waals surface area contributed by atoms with Gasteiger partial charge in [-0.3, -0.25) is 14.6 Å². The Bertz CT molecular complexity index is 1500. The molecule has 0 spiro atoms. The van der Waals surface area contributed by atoms with Gasteiger partial charge in [-0.1, -0.05) is 66.7 Å². The first-order chi connectivity index (χ1) is 16.7. The zero-order valence-electron chi connectivity index (χ0n) is 18.4. The molecule has 0 unspecified atom stereocenters. The normalized spacial score (nSPS) is 10.8. The summed E-state index contributed by atoms with van der Waals surface area (Å²) in [5.74, 6) is -0.201. The number of hydrogen-bond donors (Lipinski definition) is 1. The van der Waals surface area contributed by atoms with E-state index in [1.54, 1.807) is 12.3 Å². The lowest BCUT2D eigenvalue weighted by atomic mass is 10.0. The Balaban J connectivity index is 1.38. The van der Waals surface area contributed by atoms with Crippen LogP contribution in [-0.4, -0.2) is 20.7 Å². The lowest BCUT2D eigenvalue weighted by molar-refractivity contribution is 0.0950. The first-order valence-electron chi connectivity index (χ1n) is 11.0. The first-order valence-corrected chi connectivity index (χ1v) is 11.0. The largest absolute Gasteiger partial charge is 0.346 e. The molecule has 6 nitrogen and oxygen atoms in total. The van der Waals surface area contributed by atoms with Crippen molar-refractivity contribution in [3.8, 4) is 11.1 Å². The minimum atomic E-state index is -0.201. The van der Waals surface area contributed by atoms with Crippen LogP contribution in [0.15, 0.2) is 108 Å². The fourth-order valence-corrected chi connectivity index (χ4v) is 3.90. The van der Waals surface area contributed by atoms with Crippen molar-refractivity contribution in [1.82, 2.24) is 20.1 Å². The van der Waals surface area contributed by atoms with Gasteiger partial charge in [-0.15, -0.1) is 0 Å². The van der Waals surface area contributed by atoms with Crippen LogP contribution in [0.5, 0.6) is 0 Å². The van der Waals surface area contributed by atoms with Gasteiger partial charge in [0.05, 0.1) is 29.9 Å². The van der Waals surface area contributed by atoms with Crippen molar-refractivity contribution in [2.75, 3.05) is 0 Å². The molecule has 1 amide bonds. The Labute approximate surface area is 196 Å². The molecule has 1 N–H and O–H groups in total. The molecule has 2 aromatic heterocycles. The van der Waals surface area contributed by atoms with E-state index in [0.29, 0.717) is 16.6 Å². The fourth-order valence-electron chi connectivity index (χ4n) is 3.90. The summed E-state index contributed by atoms with van der Waals surface area (Å²) in [5.41, 5.74) is 3.88. The Kier molecular flexibility index (Phi) is 5.95. The number of hydrogen-bond acceptors (Lipinski definition) is 4. The van der Waals surface area contributed by atoms with Crippen molar-refractivity contribution in [3.05, 3.63) is 131 Å². The van der Waals surface area contributed by atoms with Gasteiger partial charge >= 0.3 is 0 Å². The highest BCUT2D eigenvalue weighted by molar-refractivity contribution is 5.95. The molecule has 5 aromatic rings. The Hall–Kier alpha value is -4.58. The summed E-state index contributed by atoms with van der Waals surface area (Å²) in [5, 5.41) is 8.80. The van der Waals surface area contributed by atoms with E-state index in [0.717, 1.165) is 22.2 Å². The molecule has 0 atom stereocenters. The third-order valence-electron chi connectivity index (χ3n) is 5.65. The van der Waals surface area contributed by atoms with Crippen molar-refractivity contribution < 1.29 is 4.79 Å². The zero-order chi connectivity index (χ0) is 23.3. The van der Waals surface area contributed by atoms with Crippen LogP contribution in [0.1, 0.15) is 21.7 Å². The van der Waals surface area contributed by atoms with Crippen LogP contribution in [0.2, 0.25) is 0 Å². The first kappa shape index (κ1) is 21.3. The van der Waals surface area contributed by atoms with Gasteiger partial charge in [0.25, 0.3) is 11.5 Å². The number of carbonyl (C=O) groups is 1. The topological polar surface area (TPSA) is 76.9 Å². The van der Waals surface area contributed by atoms with Crippen LogP contribution in [-0.2, 0) is 13.1 Å². The minimum Gasteiger partial charge on any atom is -0.346 e. The molecule has 2 heterocycles. The number of benzene rings is 3. The maximum absolute atomic E-state index is 13.0. The van der Waals surface area contributed by atoms with Crippen LogP contribution in [0.4, 0.5) is 0 Å². The van der Waals surface area contributed by atoms with Gasteiger partial charge in [0.15, 0.2) is 0 Å². The van der Waals surface area contributed by atoms with E-state index in [9.17, 15) is 9.59 Å². The highest BCUT2D eigenvalue weighted by atomic mass is 16.1. The standard InChI is InChI=1S/C28H22N4O2/c33-27(22-15-13-21(14-16-22)20-8-2-1-3-9-20)30-18-26-24-11-4-5-12-25(24)28(34)32(31-26)19-23-10-6-7-17-29-23/h1-17H,18-19H2,(H,30,33). The van der Waals surface area contributed by atoms with Gasteiger partial charge in [-0.25, -0.2) is 4.68 Å². The summed E-state index contributed by atoms with van der Waals surface area (Å²) in [4.78, 5) is 30.1. The van der Waals surface area contributed by atoms with E-state index >= 15 is 0 Å². The predicted molar refractivity (Wildman–Crippen MR) is 132 cm³/mol. The van der Waals surface area contributed by atoms with Crippen LogP contribution in [0, 0.1) is 0 Å². The second-order valence-corrected chi connectivity index (χ2v) is 7.90. The van der Waals surface area contributed by atoms with Crippen LogP contribution >= 0.6 is 0 Å². The summed E-state index contributed by atoms with van der Waals surface area (Å²) >= 11 is 0. The fraction of sp³-hybridized carbons (Fsp3) is 0.0714. The van der Waals surface area contributed by atoms with Crippen LogP contribution in [0.3, 0.4) is 0 Å². The van der Waals surface area contributed by atoms with E-state index in [2.05, 4.69) is 15.4 Å². The molecule has 0 bridgehead atoms. The lowest BCUT2D eigenvalue weighted by Gasteiger charge is -2.12. The molecule has 0 radical (unpaired) electrons. The molecular weight excluding hydrogens is 424 g/mol. The van der Waals surface area contributed by atoms with E-state index < -0.39 is 0 Å². The molecular formula is C28H22N4O2. The summed E-state index contributed by atoms with van der Waals surface area (Å²) in [6, 6.07) is 30.4. The third kappa shape index (κ3) is 4.47. The van der Waals surface area contributed by atoms with E-state index in [-0.39, 0.29) is 24.6 Å². The van der Waals surface area contributed by atoms with Crippen molar-refractivity contribution >= 4 is 16.7 Å². The maximum atomic E-state index is 13.0. The number of amides is 1. The van der Waals surface area contributed by atoms with E-state index in [4.69, 9.17) is 0 Å². The van der Waals surface area contributed by atoms with Gasteiger partial charge in [-0.2, -0.15) is 5.10 Å². The Morgan fingerprint density at radius 1 is 0.765 bits per heavy atom. The highest BCUT2D eigenvalue weighted by Gasteiger charge is 2.13. The molecule has 0 aliphatic carbocycles. The molecule has 3 aromatic carbocycles. The van der Waals surface area contributed by atoms with Gasteiger partial charge in [-0.05, 0) is 41.5 Å². The molecule has 0 saturated heterocycles. The van der Waals surface area contributed by atoms with Crippen molar-refractivity contribution in [3.63, 3.8) is 0 Å². The van der Waals surface area contributed by atoms with Crippen LogP contribution < -0.4 is 10.9 Å². The summed E-state index contributed by atoms with van der Waals surface area (Å²) < 4.78 is 1.40. The van der Waals surface area contributed by atoms with E-state index in [1.807, 2.05) is 91.0 Å². The van der Waals surface area contributed by atoms with Crippen molar-refractivity contribution in [2.24, 2.45) is 0 Å². The smallest absolute Gasteiger partial charge is 0.275 e. The van der Waals surface area contributed by atoms with Gasteiger partial charge in [0, 0.05) is 17.1 Å². The number of aromatic nitrogens is 3. The monoisotopic (exact) mass is 446 g/mol. The molecule has 166 valence electrons. The number of nitrogens with one attached hydrogen (secondary N) is 1. The predicted octanol–water partition coefficient (Wildman–Crippen LogP) is 4.44. The molecule has 0 fully saturated rings. The second-order valence-electron chi connectivity index (χ2n) is 7.90. The van der Waals surface area contributed by atoms with E-state index in [1.165, 1.54) is 4.68 Å². The Morgan fingerprint density at radius 3 is 2.18 bits per heavy atom. The highest BCUT2D eigenvalue weighted by Crippen LogP contribution is 2.19. The Morgan fingerprint density at radius 2 is 1.44 bits per heavy atom. The van der Waals surface area contributed by atoms with Gasteiger partial charge < -0.3 is 5.32 Å². The summed E-state index contributed by atoms with van der Waals surface area (Å²) in [6.07, 6.45) is 1.69. The molecule has 0 aliphatic heterocycles. The maximum Gasteiger partial charge on any atom is 0.275 e. The molecule has 34 heavy (non-hydrogen) atoms. The molecule has 0 saturated carbocycles. The number of rotatable bonds is 6. The average molecular weight is 447 g/mol. The average Bonchev–Trinajstić information content (AvgIpc) is 2.90. The molecule has 5 rings (SSSR count). The van der Waals surface area contributed by atoms with Gasteiger partial charge in [0.2, 0.25) is 0 Å². The SMILES string of the molecule is O=C(NCc1nn(Cc2ccccn2)c(=O)c2ccccc12)c1ccc(-c2ccccc2)cc1. The number of fused-ring (bicyclic) bond motifs is 1. The van der Waals surface area contributed by atoms with Crippen LogP contribution in [0.25, 0.3) is 21.9 Å². The van der Waals surface area contributed by atoms with Crippen molar-refractivity contribution in [1.29, 1.82) is 0 Å². The minimum absolute atomic E-state index is 0.187. The number of pyridine rings is 1. The zero-order valence-corrected chi connectivity index (χ0v) is 18.4. The second kappa shape index (κ2) is 9.50. The third-order valence-corrected chi connectivity index (χ3v) is 5.65. The summed E-state index contributed by atoms with van der Waals surface area (Å²) in [7, 11) is 0. The molecule has 0 aliphatic rings. The van der Waals surface area contributed by atoms with Gasteiger partial charge in [0.1, 0.15) is 0 Å². The number of nitrogens with zero attached hydrogens (tertiary/aromatic N) is 3. The molecule has 6 heteroatoms. The quantitative estimate of drug-likeness (QED) is 0.418.